The lowest BCUT2D eigenvalue weighted by Crippen LogP contribution is -2.29. The SMILES string of the molecule is CCc1cccc(OCC(=O)NOCOC)c1. The summed E-state index contributed by atoms with van der Waals surface area (Å²) in [6.45, 7) is 1.98. The molecule has 0 spiro atoms. The average Bonchev–Trinajstić information content (AvgIpc) is 2.37. The molecule has 0 aliphatic carbocycles. The number of aryl methyl sites for hydroxylation is 1. The van der Waals surface area contributed by atoms with Crippen molar-refractivity contribution in [3.8, 4) is 5.75 Å². The monoisotopic (exact) mass is 239 g/mol. The normalized spacial score (nSPS) is 10.0. The van der Waals surface area contributed by atoms with E-state index in [0.717, 1.165) is 6.42 Å². The lowest BCUT2D eigenvalue weighted by molar-refractivity contribution is -0.146. The van der Waals surface area contributed by atoms with E-state index in [-0.39, 0.29) is 19.3 Å². The molecule has 0 fully saturated rings. The zero-order valence-corrected chi connectivity index (χ0v) is 10.1. The number of methoxy groups -OCH3 is 1. The fourth-order valence-electron chi connectivity index (χ4n) is 1.20. The van der Waals surface area contributed by atoms with Gasteiger partial charge in [0.2, 0.25) is 0 Å². The number of carbonyl (C=O) groups is 1. The Morgan fingerprint density at radius 2 is 2.24 bits per heavy atom. The first-order valence-corrected chi connectivity index (χ1v) is 5.37. The topological polar surface area (TPSA) is 56.8 Å². The van der Waals surface area contributed by atoms with Crippen molar-refractivity contribution >= 4 is 5.91 Å². The number of ether oxygens (including phenoxy) is 2. The number of hydroxylamine groups is 1. The van der Waals surface area contributed by atoms with Gasteiger partial charge in [-0.1, -0.05) is 19.1 Å². The van der Waals surface area contributed by atoms with E-state index in [2.05, 4.69) is 22.0 Å². The quantitative estimate of drug-likeness (QED) is 0.442. The summed E-state index contributed by atoms with van der Waals surface area (Å²) in [4.78, 5) is 15.9. The van der Waals surface area contributed by atoms with Crippen LogP contribution in [0.3, 0.4) is 0 Å². The summed E-state index contributed by atoms with van der Waals surface area (Å²) >= 11 is 0. The van der Waals surface area contributed by atoms with Crippen LogP contribution >= 0.6 is 0 Å². The fourth-order valence-corrected chi connectivity index (χ4v) is 1.20. The van der Waals surface area contributed by atoms with Crippen LogP contribution in [0.1, 0.15) is 12.5 Å². The van der Waals surface area contributed by atoms with Gasteiger partial charge in [-0.3, -0.25) is 4.79 Å². The Morgan fingerprint density at radius 1 is 1.41 bits per heavy atom. The summed E-state index contributed by atoms with van der Waals surface area (Å²) in [5, 5.41) is 0. The Balaban J connectivity index is 2.31. The Bertz CT molecular complexity index is 354. The van der Waals surface area contributed by atoms with Crippen LogP contribution in [0.2, 0.25) is 0 Å². The summed E-state index contributed by atoms with van der Waals surface area (Å²) in [7, 11) is 1.47. The minimum atomic E-state index is -0.357. The second kappa shape index (κ2) is 7.65. The summed E-state index contributed by atoms with van der Waals surface area (Å²) in [6.07, 6.45) is 0.931. The van der Waals surface area contributed by atoms with Crippen molar-refractivity contribution in [1.29, 1.82) is 0 Å². The van der Waals surface area contributed by atoms with Crippen LogP contribution in [0.5, 0.6) is 5.75 Å². The Kier molecular flexibility index (Phi) is 6.06. The molecule has 1 aromatic carbocycles. The standard InChI is InChI=1S/C12H17NO4/c1-3-10-5-4-6-11(7-10)16-8-12(14)13-17-9-15-2/h4-7H,3,8-9H2,1-2H3,(H,13,14). The number of hydrogen-bond acceptors (Lipinski definition) is 4. The predicted octanol–water partition coefficient (Wildman–Crippen LogP) is 1.28. The minimum absolute atomic E-state index is 0.0110. The largest absolute Gasteiger partial charge is 0.484 e. The molecule has 1 amide bonds. The summed E-state index contributed by atoms with van der Waals surface area (Å²) in [5.41, 5.74) is 3.36. The van der Waals surface area contributed by atoms with Gasteiger partial charge in [0.1, 0.15) is 5.75 Å². The zero-order valence-electron chi connectivity index (χ0n) is 10.1. The molecular formula is C12H17NO4. The molecule has 0 radical (unpaired) electrons. The number of nitrogens with one attached hydrogen (secondary N) is 1. The minimum Gasteiger partial charge on any atom is -0.484 e. The second-order valence-electron chi connectivity index (χ2n) is 3.37. The molecule has 94 valence electrons. The fraction of sp³-hybridized carbons (Fsp3) is 0.417. The number of hydrogen-bond donors (Lipinski definition) is 1. The van der Waals surface area contributed by atoms with E-state index in [0.29, 0.717) is 5.75 Å². The number of amides is 1. The molecule has 1 aromatic rings. The van der Waals surface area contributed by atoms with Crippen LogP contribution in [-0.2, 0) is 20.8 Å². The summed E-state index contributed by atoms with van der Waals surface area (Å²) < 4.78 is 9.92. The van der Waals surface area contributed by atoms with Crippen LogP contribution < -0.4 is 10.2 Å². The molecule has 5 nitrogen and oxygen atoms in total. The molecule has 0 bridgehead atoms. The van der Waals surface area contributed by atoms with Crippen molar-refractivity contribution in [2.75, 3.05) is 20.5 Å². The van der Waals surface area contributed by atoms with Gasteiger partial charge in [0.15, 0.2) is 13.4 Å². The van der Waals surface area contributed by atoms with Crippen LogP contribution in [0.4, 0.5) is 0 Å². The van der Waals surface area contributed by atoms with Gasteiger partial charge in [-0.25, -0.2) is 10.3 Å². The molecule has 0 saturated heterocycles. The van der Waals surface area contributed by atoms with E-state index in [9.17, 15) is 4.79 Å². The maximum atomic E-state index is 11.2. The molecule has 0 atom stereocenters. The van der Waals surface area contributed by atoms with Crippen molar-refractivity contribution in [1.82, 2.24) is 5.48 Å². The van der Waals surface area contributed by atoms with Gasteiger partial charge in [0.05, 0.1) is 0 Å². The molecule has 5 heteroatoms. The molecule has 0 heterocycles. The Hall–Kier alpha value is -1.59. The molecule has 0 unspecified atom stereocenters. The predicted molar refractivity (Wildman–Crippen MR) is 62.4 cm³/mol. The Labute approximate surface area is 101 Å². The highest BCUT2D eigenvalue weighted by Gasteiger charge is 2.02. The maximum Gasteiger partial charge on any atom is 0.281 e. The van der Waals surface area contributed by atoms with Gasteiger partial charge >= 0.3 is 0 Å². The molecule has 0 aromatic heterocycles. The van der Waals surface area contributed by atoms with Crippen molar-refractivity contribution < 1.29 is 19.1 Å². The van der Waals surface area contributed by atoms with Gasteiger partial charge in [-0.15, -0.1) is 0 Å². The van der Waals surface area contributed by atoms with Crippen molar-refractivity contribution in [3.05, 3.63) is 29.8 Å². The molecule has 0 aliphatic heterocycles. The average molecular weight is 239 g/mol. The maximum absolute atomic E-state index is 11.2. The van der Waals surface area contributed by atoms with Gasteiger partial charge in [0, 0.05) is 7.11 Å². The van der Waals surface area contributed by atoms with Gasteiger partial charge < -0.3 is 9.47 Å². The third-order valence-corrected chi connectivity index (χ3v) is 2.04. The first-order chi connectivity index (χ1) is 8.26. The van der Waals surface area contributed by atoms with Crippen LogP contribution in [0.25, 0.3) is 0 Å². The van der Waals surface area contributed by atoms with Gasteiger partial charge in [-0.2, -0.15) is 0 Å². The zero-order chi connectivity index (χ0) is 12.5. The van der Waals surface area contributed by atoms with E-state index < -0.39 is 0 Å². The highest BCUT2D eigenvalue weighted by molar-refractivity contribution is 5.76. The smallest absolute Gasteiger partial charge is 0.281 e. The highest BCUT2D eigenvalue weighted by Crippen LogP contribution is 2.13. The van der Waals surface area contributed by atoms with Crippen LogP contribution in [0.15, 0.2) is 24.3 Å². The number of carbonyl (C=O) groups excluding carboxylic acids is 1. The van der Waals surface area contributed by atoms with Crippen molar-refractivity contribution in [2.24, 2.45) is 0 Å². The highest BCUT2D eigenvalue weighted by atomic mass is 16.8. The molecular weight excluding hydrogens is 222 g/mol. The second-order valence-corrected chi connectivity index (χ2v) is 3.37. The molecule has 17 heavy (non-hydrogen) atoms. The van der Waals surface area contributed by atoms with Crippen LogP contribution in [0, 0.1) is 0 Å². The molecule has 0 saturated carbocycles. The van der Waals surface area contributed by atoms with E-state index in [1.807, 2.05) is 24.3 Å². The molecule has 1 rings (SSSR count). The van der Waals surface area contributed by atoms with E-state index in [1.165, 1.54) is 12.7 Å². The van der Waals surface area contributed by atoms with Gasteiger partial charge in [0.25, 0.3) is 5.91 Å². The van der Waals surface area contributed by atoms with E-state index >= 15 is 0 Å². The Morgan fingerprint density at radius 3 is 2.94 bits per heavy atom. The lowest BCUT2D eigenvalue weighted by Gasteiger charge is -2.07. The lowest BCUT2D eigenvalue weighted by atomic mass is 10.2. The van der Waals surface area contributed by atoms with E-state index in [1.54, 1.807) is 0 Å². The summed E-state index contributed by atoms with van der Waals surface area (Å²) in [5.74, 6) is 0.315. The third kappa shape index (κ3) is 5.33. The molecule has 0 aliphatic rings. The first kappa shape index (κ1) is 13.5. The van der Waals surface area contributed by atoms with Crippen molar-refractivity contribution in [3.63, 3.8) is 0 Å². The molecule has 1 N–H and O–H groups in total. The van der Waals surface area contributed by atoms with Crippen LogP contribution in [-0.4, -0.2) is 26.4 Å². The van der Waals surface area contributed by atoms with Crippen molar-refractivity contribution in [2.45, 2.75) is 13.3 Å². The van der Waals surface area contributed by atoms with Gasteiger partial charge in [-0.05, 0) is 24.1 Å². The summed E-state index contributed by atoms with van der Waals surface area (Å²) in [6, 6.07) is 7.62. The first-order valence-electron chi connectivity index (χ1n) is 5.37. The van der Waals surface area contributed by atoms with E-state index in [4.69, 9.17) is 4.74 Å². The number of benzene rings is 1. The number of rotatable bonds is 7. The third-order valence-electron chi connectivity index (χ3n) is 2.04.